The van der Waals surface area contributed by atoms with Gasteiger partial charge in [0.15, 0.2) is 0 Å². The van der Waals surface area contributed by atoms with Gasteiger partial charge in [0.2, 0.25) is 0 Å². The van der Waals surface area contributed by atoms with Crippen LogP contribution in [-0.2, 0) is 13.6 Å². The van der Waals surface area contributed by atoms with E-state index in [0.29, 0.717) is 45.5 Å². The van der Waals surface area contributed by atoms with Gasteiger partial charge in [-0.2, -0.15) is 5.26 Å². The molecule has 2 atom stereocenters. The van der Waals surface area contributed by atoms with Crippen molar-refractivity contribution in [2.45, 2.75) is 126 Å². The average molecular weight is 777 g/mol. The van der Waals surface area contributed by atoms with Crippen molar-refractivity contribution in [3.63, 3.8) is 0 Å². The van der Waals surface area contributed by atoms with E-state index >= 15 is 0 Å². The van der Waals surface area contributed by atoms with E-state index in [1.165, 1.54) is 38.5 Å². The van der Waals surface area contributed by atoms with E-state index < -0.39 is 7.75 Å². The molecule has 11 heteroatoms. The maximum atomic E-state index is 13.9. The highest BCUT2D eigenvalue weighted by Crippen LogP contribution is 2.52. The van der Waals surface area contributed by atoms with Gasteiger partial charge in [-0.15, -0.1) is 10.2 Å². The topological polar surface area (TPSA) is 109 Å². The minimum Gasteiger partial charge on any atom is -0.491 e. The van der Waals surface area contributed by atoms with Crippen LogP contribution in [0, 0.1) is 23.2 Å². The van der Waals surface area contributed by atoms with Gasteiger partial charge in [0.1, 0.15) is 11.4 Å². The summed E-state index contributed by atoms with van der Waals surface area (Å²) in [5.74, 6) is 1.70. The third-order valence-electron chi connectivity index (χ3n) is 8.94. The Labute approximate surface area is 311 Å². The highest BCUT2D eigenvalue weighted by molar-refractivity contribution is 9.10. The van der Waals surface area contributed by atoms with Gasteiger partial charge < -0.3 is 9.64 Å². The summed E-state index contributed by atoms with van der Waals surface area (Å²) >= 11 is 3.53. The first-order valence-corrected chi connectivity index (χ1v) is 21.4. The Balaban J connectivity index is 2.81. The Bertz CT molecular complexity index is 1370. The number of anilines is 2. The van der Waals surface area contributed by atoms with E-state index in [1.807, 2.05) is 12.1 Å². The van der Waals surface area contributed by atoms with E-state index in [4.69, 9.17) is 13.8 Å². The van der Waals surface area contributed by atoms with Crippen molar-refractivity contribution < 1.29 is 18.3 Å². The van der Waals surface area contributed by atoms with Crippen LogP contribution in [0.1, 0.15) is 131 Å². The van der Waals surface area contributed by atoms with E-state index in [-0.39, 0.29) is 13.2 Å². The van der Waals surface area contributed by atoms with Gasteiger partial charge in [0, 0.05) is 23.6 Å². The SMILES string of the molecule is CCCCCCN(CC(CC)CCCC)c1cc(NP(=O)(OCC)OCC)c(/N=N/c2ccc(C#N)cc2Br)cc1OCC(CC)CCCC. The minimum atomic E-state index is -3.73. The Morgan fingerprint density at radius 1 is 0.840 bits per heavy atom. The van der Waals surface area contributed by atoms with E-state index in [1.54, 1.807) is 32.0 Å². The van der Waals surface area contributed by atoms with E-state index in [9.17, 15) is 9.83 Å². The predicted molar refractivity (Wildman–Crippen MR) is 212 cm³/mol. The van der Waals surface area contributed by atoms with Gasteiger partial charge in [-0.3, -0.25) is 14.1 Å². The number of nitrogens with one attached hydrogen (secondary N) is 1. The fraction of sp³-hybridized carbons (Fsp3) is 0.667. The number of nitrogens with zero attached hydrogens (tertiary/aromatic N) is 4. The molecule has 1 N–H and O–H groups in total. The number of nitriles is 1. The third kappa shape index (κ3) is 15.0. The monoisotopic (exact) mass is 775 g/mol. The molecule has 0 saturated heterocycles. The molecule has 0 saturated carbocycles. The Hall–Kier alpha value is -2.44. The van der Waals surface area contributed by atoms with Crippen molar-refractivity contribution in [2.75, 3.05) is 42.9 Å². The van der Waals surface area contributed by atoms with Gasteiger partial charge in [0.05, 0.1) is 48.5 Å². The molecular weight excluding hydrogens is 713 g/mol. The van der Waals surface area contributed by atoms with Gasteiger partial charge >= 0.3 is 7.75 Å². The molecule has 2 aromatic carbocycles. The standard InChI is InChI=1S/C39H63BrN5O4P/c1-8-15-18-19-24-45(29-31(11-4)20-16-9-2)38-26-37(44-50(46,48-13-6)49-14-7)36(27-39(38)47-30-32(12-5)21-17-10-3)43-42-35-23-22-33(28-41)25-34(35)40/h22-23,25-27,31-32H,8-21,24,29-30H2,1-7H3,(H,44,46)/b43-42+. The lowest BCUT2D eigenvalue weighted by Crippen LogP contribution is -2.31. The summed E-state index contributed by atoms with van der Waals surface area (Å²) < 4.78 is 32.7. The molecule has 0 amide bonds. The van der Waals surface area contributed by atoms with Crippen LogP contribution in [0.15, 0.2) is 45.0 Å². The molecule has 0 fully saturated rings. The van der Waals surface area contributed by atoms with Crippen molar-refractivity contribution in [3.8, 4) is 11.8 Å². The molecule has 0 heterocycles. The Kier molecular flexibility index (Phi) is 21.6. The largest absolute Gasteiger partial charge is 0.491 e. The molecule has 0 bridgehead atoms. The number of halogens is 1. The number of rotatable bonds is 27. The zero-order chi connectivity index (χ0) is 36.8. The van der Waals surface area contributed by atoms with Crippen LogP contribution >= 0.6 is 23.7 Å². The smallest absolute Gasteiger partial charge is 0.432 e. The molecule has 0 aliphatic carbocycles. The average Bonchev–Trinajstić information content (AvgIpc) is 3.11. The molecule has 0 spiro atoms. The number of azo groups is 1. The molecule has 0 aliphatic heterocycles. The summed E-state index contributed by atoms with van der Waals surface area (Å²) in [6.45, 7) is 17.6. The number of hydrogen-bond donors (Lipinski definition) is 1. The van der Waals surface area contributed by atoms with E-state index in [0.717, 1.165) is 63.1 Å². The van der Waals surface area contributed by atoms with Gasteiger partial charge in [-0.25, -0.2) is 4.57 Å². The van der Waals surface area contributed by atoms with Gasteiger partial charge in [-0.1, -0.05) is 92.4 Å². The first-order valence-electron chi connectivity index (χ1n) is 19.0. The lowest BCUT2D eigenvalue weighted by atomic mass is 9.98. The molecule has 2 aromatic rings. The van der Waals surface area contributed by atoms with Gasteiger partial charge in [-0.05, 0) is 85.1 Å². The van der Waals surface area contributed by atoms with Crippen LogP contribution in [-0.4, -0.2) is 32.9 Å². The van der Waals surface area contributed by atoms with Crippen LogP contribution in [0.25, 0.3) is 0 Å². The summed E-state index contributed by atoms with van der Waals surface area (Å²) in [4.78, 5) is 2.47. The normalized spacial score (nSPS) is 12.9. The van der Waals surface area contributed by atoms with Gasteiger partial charge in [0.25, 0.3) is 0 Å². The lowest BCUT2D eigenvalue weighted by molar-refractivity contribution is 0.225. The molecule has 280 valence electrons. The summed E-state index contributed by atoms with van der Waals surface area (Å²) in [6.07, 6.45) is 13.7. The molecular formula is C39H63BrN5O4P. The fourth-order valence-corrected chi connectivity index (χ4v) is 7.64. The second-order valence-electron chi connectivity index (χ2n) is 12.9. The summed E-state index contributed by atoms with van der Waals surface area (Å²) in [7, 11) is -3.73. The molecule has 9 nitrogen and oxygen atoms in total. The van der Waals surface area contributed by atoms with Crippen LogP contribution in [0.4, 0.5) is 22.7 Å². The summed E-state index contributed by atoms with van der Waals surface area (Å²) in [6, 6.07) is 11.2. The molecule has 2 rings (SSSR count). The van der Waals surface area contributed by atoms with E-state index in [2.05, 4.69) is 76.8 Å². The number of benzene rings is 2. The van der Waals surface area contributed by atoms with Crippen molar-refractivity contribution in [2.24, 2.45) is 22.1 Å². The fourth-order valence-electron chi connectivity index (χ4n) is 5.82. The first-order chi connectivity index (χ1) is 24.2. The number of hydrogen-bond acceptors (Lipinski definition) is 8. The van der Waals surface area contributed by atoms with Crippen molar-refractivity contribution >= 4 is 46.4 Å². The first kappa shape index (κ1) is 43.7. The molecule has 2 unspecified atom stereocenters. The summed E-state index contributed by atoms with van der Waals surface area (Å²) in [5.41, 5.74) is 2.96. The highest BCUT2D eigenvalue weighted by Gasteiger charge is 2.28. The Morgan fingerprint density at radius 2 is 1.48 bits per heavy atom. The van der Waals surface area contributed by atoms with Crippen LogP contribution in [0.3, 0.4) is 0 Å². The third-order valence-corrected chi connectivity index (χ3v) is 11.3. The van der Waals surface area contributed by atoms with Crippen molar-refractivity contribution in [3.05, 3.63) is 40.4 Å². The maximum Gasteiger partial charge on any atom is 0.432 e. The zero-order valence-corrected chi connectivity index (χ0v) is 34.3. The molecule has 0 radical (unpaired) electrons. The van der Waals surface area contributed by atoms with Crippen molar-refractivity contribution in [1.82, 2.24) is 0 Å². The predicted octanol–water partition coefficient (Wildman–Crippen LogP) is 13.5. The minimum absolute atomic E-state index is 0.211. The van der Waals surface area contributed by atoms with Crippen LogP contribution in [0.5, 0.6) is 5.75 Å². The maximum absolute atomic E-state index is 13.9. The molecule has 0 aromatic heterocycles. The quantitative estimate of drug-likeness (QED) is 0.0546. The number of ether oxygens (including phenoxy) is 1. The lowest BCUT2D eigenvalue weighted by Gasteiger charge is -2.32. The van der Waals surface area contributed by atoms with Crippen molar-refractivity contribution in [1.29, 1.82) is 5.26 Å². The van der Waals surface area contributed by atoms with Crippen LogP contribution < -0.4 is 14.7 Å². The molecule has 50 heavy (non-hydrogen) atoms. The summed E-state index contributed by atoms with van der Waals surface area (Å²) in [5, 5.41) is 21.7. The zero-order valence-electron chi connectivity index (χ0n) is 31.8. The second-order valence-corrected chi connectivity index (χ2v) is 15.5. The second kappa shape index (κ2) is 24.7. The molecule has 0 aliphatic rings. The number of unbranched alkanes of at least 4 members (excludes halogenated alkanes) is 5. The highest BCUT2D eigenvalue weighted by atomic mass is 79.9. The Morgan fingerprint density at radius 3 is 2.06 bits per heavy atom. The van der Waals surface area contributed by atoms with Crippen LogP contribution in [0.2, 0.25) is 0 Å².